The molecule has 3 aromatic rings. The van der Waals surface area contributed by atoms with E-state index in [4.69, 9.17) is 11.6 Å². The van der Waals surface area contributed by atoms with Crippen molar-refractivity contribution in [3.05, 3.63) is 53.3 Å². The highest BCUT2D eigenvalue weighted by Gasteiger charge is 2.09. The van der Waals surface area contributed by atoms with Gasteiger partial charge in [0.2, 0.25) is 11.2 Å². The van der Waals surface area contributed by atoms with E-state index >= 15 is 0 Å². The van der Waals surface area contributed by atoms with Crippen molar-refractivity contribution in [2.24, 2.45) is 0 Å². The highest BCUT2D eigenvalue weighted by atomic mass is 35.5. The summed E-state index contributed by atoms with van der Waals surface area (Å²) in [6, 6.07) is 6.27. The fraction of sp³-hybridized carbons (Fsp3) is 0.143. The molecule has 0 atom stereocenters. The molecule has 1 aromatic carbocycles. The summed E-state index contributed by atoms with van der Waals surface area (Å²) in [6.07, 6.45) is 5.05. The van der Waals surface area contributed by atoms with Gasteiger partial charge in [0.15, 0.2) is 5.16 Å². The van der Waals surface area contributed by atoms with Crippen molar-refractivity contribution in [1.82, 2.24) is 24.5 Å². The SMILES string of the molecule is Cc1ccc(C)c(Sc2nc(Cl)nc(-n3ccnc3)n2)c1. The standard InChI is InChI=1S/C14H12ClN5S/c1-9-3-4-10(2)11(7-9)21-14-18-12(15)17-13(19-14)20-6-5-16-8-20/h3-8H,1-2H3. The lowest BCUT2D eigenvalue weighted by molar-refractivity contribution is 0.823. The quantitative estimate of drug-likeness (QED) is 0.740. The summed E-state index contributed by atoms with van der Waals surface area (Å²) in [7, 11) is 0. The van der Waals surface area contributed by atoms with Crippen LogP contribution in [0.3, 0.4) is 0 Å². The summed E-state index contributed by atoms with van der Waals surface area (Å²) in [5.41, 5.74) is 2.37. The maximum absolute atomic E-state index is 5.99. The molecule has 5 nitrogen and oxygen atoms in total. The fourth-order valence-electron chi connectivity index (χ4n) is 1.78. The Labute approximate surface area is 131 Å². The van der Waals surface area contributed by atoms with Crippen LogP contribution in [0, 0.1) is 13.8 Å². The molecule has 0 saturated carbocycles. The number of hydrogen-bond acceptors (Lipinski definition) is 5. The molecule has 3 rings (SSSR count). The highest BCUT2D eigenvalue weighted by molar-refractivity contribution is 7.99. The van der Waals surface area contributed by atoms with Gasteiger partial charge in [-0.05, 0) is 54.4 Å². The monoisotopic (exact) mass is 317 g/mol. The molecule has 0 aliphatic heterocycles. The van der Waals surface area contributed by atoms with Crippen LogP contribution in [0.15, 0.2) is 47.0 Å². The molecule has 0 amide bonds. The summed E-state index contributed by atoms with van der Waals surface area (Å²) < 4.78 is 1.70. The Bertz CT molecular complexity index is 773. The van der Waals surface area contributed by atoms with Crippen molar-refractivity contribution in [1.29, 1.82) is 0 Å². The minimum atomic E-state index is 0.168. The Morgan fingerprint density at radius 2 is 2.00 bits per heavy atom. The van der Waals surface area contributed by atoms with Crippen LogP contribution in [0.4, 0.5) is 0 Å². The van der Waals surface area contributed by atoms with E-state index in [0.717, 1.165) is 4.90 Å². The second-order valence-electron chi connectivity index (χ2n) is 4.53. The van der Waals surface area contributed by atoms with E-state index in [0.29, 0.717) is 11.1 Å². The van der Waals surface area contributed by atoms with E-state index in [2.05, 4.69) is 52.0 Å². The first-order chi connectivity index (χ1) is 10.1. The second kappa shape index (κ2) is 5.83. The number of imidazole rings is 1. The normalized spacial score (nSPS) is 10.8. The van der Waals surface area contributed by atoms with Gasteiger partial charge in [-0.2, -0.15) is 15.0 Å². The molecule has 0 unspecified atom stereocenters. The molecule has 0 fully saturated rings. The maximum atomic E-state index is 5.99. The number of nitrogens with zero attached hydrogens (tertiary/aromatic N) is 5. The average molecular weight is 318 g/mol. The molecule has 21 heavy (non-hydrogen) atoms. The number of hydrogen-bond donors (Lipinski definition) is 0. The molecule has 2 aromatic heterocycles. The zero-order valence-electron chi connectivity index (χ0n) is 11.5. The second-order valence-corrected chi connectivity index (χ2v) is 5.88. The predicted molar refractivity (Wildman–Crippen MR) is 82.0 cm³/mol. The van der Waals surface area contributed by atoms with Crippen LogP contribution < -0.4 is 0 Å². The van der Waals surface area contributed by atoms with Crippen molar-refractivity contribution < 1.29 is 0 Å². The van der Waals surface area contributed by atoms with Gasteiger partial charge in [-0.1, -0.05) is 12.1 Å². The van der Waals surface area contributed by atoms with Gasteiger partial charge in [-0.3, -0.25) is 4.57 Å². The molecular weight excluding hydrogens is 306 g/mol. The van der Waals surface area contributed by atoms with Crippen LogP contribution in [-0.2, 0) is 0 Å². The number of halogens is 1. The van der Waals surface area contributed by atoms with Crippen LogP contribution in [0.1, 0.15) is 11.1 Å². The lowest BCUT2D eigenvalue weighted by Gasteiger charge is -2.07. The van der Waals surface area contributed by atoms with Crippen LogP contribution >= 0.6 is 23.4 Å². The molecule has 0 aliphatic carbocycles. The third-order valence-electron chi connectivity index (χ3n) is 2.86. The average Bonchev–Trinajstić information content (AvgIpc) is 2.96. The van der Waals surface area contributed by atoms with Gasteiger partial charge in [-0.15, -0.1) is 0 Å². The number of aromatic nitrogens is 5. The Hall–Kier alpha value is -1.92. The number of rotatable bonds is 3. The van der Waals surface area contributed by atoms with Gasteiger partial charge in [0, 0.05) is 17.3 Å². The van der Waals surface area contributed by atoms with Crippen molar-refractivity contribution in [2.45, 2.75) is 23.9 Å². The lowest BCUT2D eigenvalue weighted by atomic mass is 10.2. The Morgan fingerprint density at radius 3 is 2.76 bits per heavy atom. The summed E-state index contributed by atoms with van der Waals surface area (Å²) in [6.45, 7) is 4.11. The highest BCUT2D eigenvalue weighted by Crippen LogP contribution is 2.29. The molecule has 0 bridgehead atoms. The first-order valence-electron chi connectivity index (χ1n) is 6.27. The van der Waals surface area contributed by atoms with E-state index in [1.54, 1.807) is 23.3 Å². The zero-order chi connectivity index (χ0) is 14.8. The lowest BCUT2D eigenvalue weighted by Crippen LogP contribution is -2.02. The molecule has 7 heteroatoms. The van der Waals surface area contributed by atoms with Gasteiger partial charge in [0.05, 0.1) is 0 Å². The van der Waals surface area contributed by atoms with Gasteiger partial charge in [-0.25, -0.2) is 4.98 Å². The van der Waals surface area contributed by atoms with Gasteiger partial charge < -0.3 is 0 Å². The molecule has 0 N–H and O–H groups in total. The predicted octanol–water partition coefficient (Wildman–Crippen LogP) is 3.48. The summed E-state index contributed by atoms with van der Waals surface area (Å²) in [4.78, 5) is 17.8. The Morgan fingerprint density at radius 1 is 1.14 bits per heavy atom. The number of benzene rings is 1. The Kier molecular flexibility index (Phi) is 3.90. The molecule has 0 aliphatic rings. The van der Waals surface area contributed by atoms with E-state index in [1.165, 1.54) is 22.9 Å². The van der Waals surface area contributed by atoms with E-state index < -0.39 is 0 Å². The van der Waals surface area contributed by atoms with E-state index in [9.17, 15) is 0 Å². The fourth-order valence-corrected chi connectivity index (χ4v) is 2.91. The third-order valence-corrected chi connectivity index (χ3v) is 4.05. The molecule has 106 valence electrons. The third kappa shape index (κ3) is 3.22. The van der Waals surface area contributed by atoms with Gasteiger partial charge >= 0.3 is 0 Å². The largest absolute Gasteiger partial charge is 0.274 e. The zero-order valence-corrected chi connectivity index (χ0v) is 13.1. The van der Waals surface area contributed by atoms with Crippen molar-refractivity contribution in [3.63, 3.8) is 0 Å². The smallest absolute Gasteiger partial charge is 0.240 e. The number of aryl methyl sites for hydroxylation is 2. The minimum absolute atomic E-state index is 0.168. The van der Waals surface area contributed by atoms with Crippen LogP contribution in [0.2, 0.25) is 5.28 Å². The molecule has 0 spiro atoms. The molecule has 0 radical (unpaired) electrons. The van der Waals surface area contributed by atoms with Crippen LogP contribution in [-0.4, -0.2) is 24.5 Å². The minimum Gasteiger partial charge on any atom is -0.274 e. The summed E-state index contributed by atoms with van der Waals surface area (Å²) in [5.74, 6) is 0.459. The molecule has 2 heterocycles. The van der Waals surface area contributed by atoms with Gasteiger partial charge in [0.25, 0.3) is 0 Å². The summed E-state index contributed by atoms with van der Waals surface area (Å²) in [5, 5.41) is 0.730. The molecular formula is C14H12ClN5S. The first kappa shape index (κ1) is 14.0. The van der Waals surface area contributed by atoms with Crippen molar-refractivity contribution >= 4 is 23.4 Å². The van der Waals surface area contributed by atoms with Gasteiger partial charge in [0.1, 0.15) is 6.33 Å². The first-order valence-corrected chi connectivity index (χ1v) is 7.46. The van der Waals surface area contributed by atoms with E-state index in [-0.39, 0.29) is 5.28 Å². The summed E-state index contributed by atoms with van der Waals surface area (Å²) >= 11 is 7.47. The molecule has 0 saturated heterocycles. The van der Waals surface area contributed by atoms with E-state index in [1.807, 2.05) is 0 Å². The van der Waals surface area contributed by atoms with Crippen molar-refractivity contribution in [2.75, 3.05) is 0 Å². The van der Waals surface area contributed by atoms with Crippen molar-refractivity contribution in [3.8, 4) is 5.95 Å². The van der Waals surface area contributed by atoms with Crippen LogP contribution in [0.25, 0.3) is 5.95 Å². The Balaban J connectivity index is 1.97. The topological polar surface area (TPSA) is 56.5 Å². The maximum Gasteiger partial charge on any atom is 0.240 e. The van der Waals surface area contributed by atoms with Crippen LogP contribution in [0.5, 0.6) is 0 Å².